The molecule has 2 aromatic heterocycles. The van der Waals surface area contributed by atoms with Gasteiger partial charge >= 0.3 is 0 Å². The Morgan fingerprint density at radius 1 is 1.10 bits per heavy atom. The van der Waals surface area contributed by atoms with Crippen LogP contribution in [0.4, 0.5) is 0 Å². The molecule has 31 heavy (non-hydrogen) atoms. The monoisotopic (exact) mass is 456 g/mol. The van der Waals surface area contributed by atoms with E-state index < -0.39 is 10.0 Å². The molecular formula is C22H24N4O3S2. The summed E-state index contributed by atoms with van der Waals surface area (Å²) < 4.78 is 29.0. The molecule has 1 aliphatic carbocycles. The van der Waals surface area contributed by atoms with Gasteiger partial charge in [-0.2, -0.15) is 9.40 Å². The van der Waals surface area contributed by atoms with Crippen LogP contribution >= 0.6 is 11.3 Å². The van der Waals surface area contributed by atoms with E-state index in [0.29, 0.717) is 28.9 Å². The van der Waals surface area contributed by atoms with Crippen molar-refractivity contribution in [3.63, 3.8) is 0 Å². The Morgan fingerprint density at radius 3 is 2.55 bits per heavy atom. The van der Waals surface area contributed by atoms with E-state index in [-0.39, 0.29) is 12.5 Å². The van der Waals surface area contributed by atoms with Crippen molar-refractivity contribution in [1.29, 1.82) is 0 Å². The van der Waals surface area contributed by atoms with Gasteiger partial charge in [-0.15, -0.1) is 11.3 Å². The zero-order chi connectivity index (χ0) is 21.4. The molecule has 0 radical (unpaired) electrons. The quantitative estimate of drug-likeness (QED) is 0.590. The summed E-state index contributed by atoms with van der Waals surface area (Å²) in [7, 11) is -3.43. The van der Waals surface area contributed by atoms with Crippen molar-refractivity contribution in [2.75, 3.05) is 13.1 Å². The smallest absolute Gasteiger partial charge is 0.270 e. The first-order valence-electron chi connectivity index (χ1n) is 10.5. The summed E-state index contributed by atoms with van der Waals surface area (Å²) in [6.07, 6.45) is 4.03. The Labute approximate surface area is 185 Å². The van der Waals surface area contributed by atoms with E-state index in [1.807, 2.05) is 36.4 Å². The maximum absolute atomic E-state index is 13.0. The first-order valence-corrected chi connectivity index (χ1v) is 12.8. The zero-order valence-electron chi connectivity index (χ0n) is 17.0. The Kier molecular flexibility index (Phi) is 5.41. The fourth-order valence-corrected chi connectivity index (χ4v) is 6.78. The standard InChI is InChI=1S/C22H24N4O3S2/c27-22(20-14-19(16-8-9-16)24-26(20)17-6-2-1-3-7-17)23-15-18-10-11-21(30-18)31(28,29)25-12-4-5-13-25/h1-3,6-7,10-11,14,16H,4-5,8-9,12-13,15H2,(H,23,27). The number of amides is 1. The van der Waals surface area contributed by atoms with E-state index in [2.05, 4.69) is 10.4 Å². The highest BCUT2D eigenvalue weighted by Gasteiger charge is 2.30. The Morgan fingerprint density at radius 2 is 1.84 bits per heavy atom. The lowest BCUT2D eigenvalue weighted by Gasteiger charge is -2.13. The summed E-state index contributed by atoms with van der Waals surface area (Å²) in [6, 6.07) is 14.9. The molecule has 1 amide bonds. The van der Waals surface area contributed by atoms with Crippen LogP contribution in [0.5, 0.6) is 0 Å². The van der Waals surface area contributed by atoms with Crippen molar-refractivity contribution in [1.82, 2.24) is 19.4 Å². The van der Waals surface area contributed by atoms with Crippen LogP contribution in [0.1, 0.15) is 52.7 Å². The molecule has 1 aliphatic heterocycles. The van der Waals surface area contributed by atoms with E-state index in [9.17, 15) is 13.2 Å². The van der Waals surface area contributed by atoms with Gasteiger partial charge < -0.3 is 5.32 Å². The molecule has 2 fully saturated rings. The topological polar surface area (TPSA) is 84.3 Å². The Hall–Kier alpha value is -2.49. The minimum atomic E-state index is -3.43. The highest BCUT2D eigenvalue weighted by atomic mass is 32.2. The Bertz CT molecular complexity index is 1190. The van der Waals surface area contributed by atoms with Crippen LogP contribution < -0.4 is 5.32 Å². The molecular weight excluding hydrogens is 432 g/mol. The van der Waals surface area contributed by atoms with E-state index in [0.717, 1.165) is 41.9 Å². The average molecular weight is 457 g/mol. The number of nitrogens with zero attached hydrogens (tertiary/aromatic N) is 3. The van der Waals surface area contributed by atoms with E-state index in [1.165, 1.54) is 11.3 Å². The third kappa shape index (κ3) is 4.17. The van der Waals surface area contributed by atoms with Gasteiger partial charge in [-0.05, 0) is 56.0 Å². The lowest BCUT2D eigenvalue weighted by atomic mass is 10.2. The van der Waals surface area contributed by atoms with Crippen molar-refractivity contribution >= 4 is 27.3 Å². The van der Waals surface area contributed by atoms with Crippen molar-refractivity contribution in [2.24, 2.45) is 0 Å². The number of benzene rings is 1. The minimum absolute atomic E-state index is 0.222. The second kappa shape index (κ2) is 8.22. The number of thiophene rings is 1. The molecule has 0 atom stereocenters. The number of rotatable bonds is 7. The van der Waals surface area contributed by atoms with Crippen molar-refractivity contribution in [2.45, 2.75) is 42.4 Å². The molecule has 1 saturated carbocycles. The van der Waals surface area contributed by atoms with Crippen LogP contribution in [0.25, 0.3) is 5.69 Å². The lowest BCUT2D eigenvalue weighted by Crippen LogP contribution is -2.27. The molecule has 1 N–H and O–H groups in total. The first kappa shape index (κ1) is 20.4. The fraction of sp³-hybridized carbons (Fsp3) is 0.364. The van der Waals surface area contributed by atoms with Gasteiger partial charge in [-0.25, -0.2) is 13.1 Å². The average Bonchev–Trinajstić information content (AvgIpc) is 3.21. The Balaban J connectivity index is 1.32. The summed E-state index contributed by atoms with van der Waals surface area (Å²) in [4.78, 5) is 13.8. The number of carbonyl (C=O) groups excluding carboxylic acids is 1. The molecule has 3 heterocycles. The third-order valence-corrected chi connectivity index (χ3v) is 9.13. The highest BCUT2D eigenvalue weighted by molar-refractivity contribution is 7.91. The molecule has 1 saturated heterocycles. The maximum Gasteiger partial charge on any atom is 0.270 e. The van der Waals surface area contributed by atoms with Gasteiger partial charge in [0.15, 0.2) is 0 Å². The number of hydrogen-bond donors (Lipinski definition) is 1. The second-order valence-electron chi connectivity index (χ2n) is 7.99. The molecule has 162 valence electrons. The van der Waals surface area contributed by atoms with E-state index in [1.54, 1.807) is 21.1 Å². The molecule has 0 unspecified atom stereocenters. The largest absolute Gasteiger partial charge is 0.346 e. The molecule has 0 bridgehead atoms. The summed E-state index contributed by atoms with van der Waals surface area (Å²) in [5.74, 6) is 0.216. The summed E-state index contributed by atoms with van der Waals surface area (Å²) >= 11 is 1.22. The normalized spacial score (nSPS) is 17.2. The molecule has 9 heteroatoms. The van der Waals surface area contributed by atoms with Crippen molar-refractivity contribution < 1.29 is 13.2 Å². The molecule has 0 spiro atoms. The van der Waals surface area contributed by atoms with Crippen molar-refractivity contribution in [3.05, 3.63) is 64.8 Å². The molecule has 5 rings (SSSR count). The van der Waals surface area contributed by atoms with Gasteiger partial charge in [0.1, 0.15) is 9.90 Å². The number of nitrogens with one attached hydrogen (secondary N) is 1. The van der Waals surface area contributed by atoms with Crippen LogP contribution in [0, 0.1) is 0 Å². The highest BCUT2D eigenvalue weighted by Crippen LogP contribution is 2.39. The minimum Gasteiger partial charge on any atom is -0.346 e. The van der Waals surface area contributed by atoms with Gasteiger partial charge in [0.05, 0.1) is 17.9 Å². The third-order valence-electron chi connectivity index (χ3n) is 5.68. The number of hydrogen-bond acceptors (Lipinski definition) is 5. The molecule has 3 aromatic rings. The zero-order valence-corrected chi connectivity index (χ0v) is 18.7. The molecule has 1 aromatic carbocycles. The van der Waals surface area contributed by atoms with Crippen LogP contribution in [0.3, 0.4) is 0 Å². The van der Waals surface area contributed by atoms with Crippen LogP contribution in [-0.2, 0) is 16.6 Å². The predicted octanol–water partition coefficient (Wildman–Crippen LogP) is 3.53. The number of aromatic nitrogens is 2. The number of sulfonamides is 1. The van der Waals surface area contributed by atoms with Crippen molar-refractivity contribution in [3.8, 4) is 5.69 Å². The van der Waals surface area contributed by atoms with Gasteiger partial charge in [-0.1, -0.05) is 18.2 Å². The fourth-order valence-electron chi connectivity index (χ4n) is 3.81. The maximum atomic E-state index is 13.0. The van der Waals surface area contributed by atoms with E-state index in [4.69, 9.17) is 0 Å². The van der Waals surface area contributed by atoms with Crippen LogP contribution in [-0.4, -0.2) is 41.5 Å². The first-order chi connectivity index (χ1) is 15.0. The summed E-state index contributed by atoms with van der Waals surface area (Å²) in [5, 5.41) is 7.61. The summed E-state index contributed by atoms with van der Waals surface area (Å²) in [6.45, 7) is 1.44. The van der Waals surface area contributed by atoms with Crippen LogP contribution in [0.15, 0.2) is 52.7 Å². The predicted molar refractivity (Wildman–Crippen MR) is 119 cm³/mol. The lowest BCUT2D eigenvalue weighted by molar-refractivity contribution is 0.0943. The molecule has 7 nitrogen and oxygen atoms in total. The van der Waals surface area contributed by atoms with Crippen LogP contribution in [0.2, 0.25) is 0 Å². The van der Waals surface area contributed by atoms with Gasteiger partial charge in [0, 0.05) is 23.9 Å². The number of carbonyl (C=O) groups is 1. The second-order valence-corrected chi connectivity index (χ2v) is 11.3. The molecule has 2 aliphatic rings. The number of para-hydroxylation sites is 1. The SMILES string of the molecule is O=C(NCc1ccc(S(=O)(=O)N2CCCC2)s1)c1cc(C2CC2)nn1-c1ccccc1. The van der Waals surface area contributed by atoms with Gasteiger partial charge in [-0.3, -0.25) is 4.79 Å². The van der Waals surface area contributed by atoms with Gasteiger partial charge in [0.25, 0.3) is 15.9 Å². The van der Waals surface area contributed by atoms with Gasteiger partial charge in [0.2, 0.25) is 0 Å². The summed E-state index contributed by atoms with van der Waals surface area (Å²) in [5.41, 5.74) is 2.29. The van der Waals surface area contributed by atoms with E-state index >= 15 is 0 Å².